The van der Waals surface area contributed by atoms with Crippen molar-refractivity contribution >= 4 is 0 Å². The van der Waals surface area contributed by atoms with E-state index in [1.165, 1.54) is 0 Å². The van der Waals surface area contributed by atoms with Crippen molar-refractivity contribution in [1.29, 1.82) is 0 Å². The smallest absolute Gasteiger partial charge is 0.164 e. The minimum Gasteiger partial charge on any atom is -0.496 e. The fraction of sp³-hybridized carbons (Fsp3) is 0.571. The van der Waals surface area contributed by atoms with Gasteiger partial charge in [0.2, 0.25) is 0 Å². The second kappa shape index (κ2) is 7.21. The molecule has 0 radical (unpaired) electrons. The summed E-state index contributed by atoms with van der Waals surface area (Å²) >= 11 is 0. The minimum atomic E-state index is -0.190. The maximum atomic E-state index is 6.30. The van der Waals surface area contributed by atoms with Crippen LogP contribution in [-0.2, 0) is 0 Å². The van der Waals surface area contributed by atoms with Crippen molar-refractivity contribution in [3.63, 3.8) is 0 Å². The van der Waals surface area contributed by atoms with Gasteiger partial charge in [0.05, 0.1) is 21.3 Å². The first-order valence-corrected chi connectivity index (χ1v) is 6.38. The highest BCUT2D eigenvalue weighted by Crippen LogP contribution is 2.38. The fourth-order valence-electron chi connectivity index (χ4n) is 2.13. The Labute approximate surface area is 114 Å². The SMILES string of the molecule is CCC(CN)C(N)c1cc(OC)c(OC)cc1OC. The molecule has 5 nitrogen and oxygen atoms in total. The topological polar surface area (TPSA) is 79.7 Å². The van der Waals surface area contributed by atoms with Crippen molar-refractivity contribution in [3.8, 4) is 17.2 Å². The molecule has 0 fully saturated rings. The van der Waals surface area contributed by atoms with Crippen molar-refractivity contribution < 1.29 is 14.2 Å². The van der Waals surface area contributed by atoms with Crippen molar-refractivity contribution in [3.05, 3.63) is 17.7 Å². The molecule has 0 saturated heterocycles. The van der Waals surface area contributed by atoms with Crippen molar-refractivity contribution in [1.82, 2.24) is 0 Å². The first-order valence-electron chi connectivity index (χ1n) is 6.38. The van der Waals surface area contributed by atoms with Gasteiger partial charge in [-0.3, -0.25) is 0 Å². The van der Waals surface area contributed by atoms with Gasteiger partial charge in [0.1, 0.15) is 5.75 Å². The minimum absolute atomic E-state index is 0.190. The van der Waals surface area contributed by atoms with Gasteiger partial charge < -0.3 is 25.7 Å². The molecule has 5 heteroatoms. The summed E-state index contributed by atoms with van der Waals surface area (Å²) in [5, 5.41) is 0. The Hall–Kier alpha value is -1.46. The average molecular weight is 268 g/mol. The van der Waals surface area contributed by atoms with Crippen LogP contribution >= 0.6 is 0 Å². The summed E-state index contributed by atoms with van der Waals surface area (Å²) in [6.07, 6.45) is 0.912. The molecule has 0 aliphatic rings. The quantitative estimate of drug-likeness (QED) is 0.786. The summed E-state index contributed by atoms with van der Waals surface area (Å²) in [6, 6.07) is 3.46. The largest absolute Gasteiger partial charge is 0.496 e. The van der Waals surface area contributed by atoms with Crippen LogP contribution in [0.25, 0.3) is 0 Å². The molecule has 0 aliphatic heterocycles. The summed E-state index contributed by atoms with van der Waals surface area (Å²) in [7, 11) is 4.80. The van der Waals surface area contributed by atoms with E-state index in [-0.39, 0.29) is 12.0 Å². The molecule has 0 heterocycles. The van der Waals surface area contributed by atoms with E-state index in [1.807, 2.05) is 6.07 Å². The zero-order chi connectivity index (χ0) is 14.4. The van der Waals surface area contributed by atoms with E-state index in [0.29, 0.717) is 23.8 Å². The molecule has 0 aromatic heterocycles. The third kappa shape index (κ3) is 3.30. The van der Waals surface area contributed by atoms with E-state index in [4.69, 9.17) is 25.7 Å². The lowest BCUT2D eigenvalue weighted by molar-refractivity contribution is 0.341. The van der Waals surface area contributed by atoms with Crippen LogP contribution in [0.15, 0.2) is 12.1 Å². The van der Waals surface area contributed by atoms with E-state index in [1.54, 1.807) is 27.4 Å². The highest BCUT2D eigenvalue weighted by atomic mass is 16.5. The van der Waals surface area contributed by atoms with Gasteiger partial charge in [0.15, 0.2) is 11.5 Å². The van der Waals surface area contributed by atoms with Crippen LogP contribution < -0.4 is 25.7 Å². The van der Waals surface area contributed by atoms with Crippen LogP contribution in [0, 0.1) is 5.92 Å². The Morgan fingerprint density at radius 2 is 1.53 bits per heavy atom. The maximum absolute atomic E-state index is 6.30. The third-order valence-electron chi connectivity index (χ3n) is 3.43. The second-order valence-electron chi connectivity index (χ2n) is 4.38. The Bertz CT molecular complexity index is 406. The molecule has 4 N–H and O–H groups in total. The second-order valence-corrected chi connectivity index (χ2v) is 4.38. The lowest BCUT2D eigenvalue weighted by Gasteiger charge is -2.24. The first-order chi connectivity index (χ1) is 9.12. The van der Waals surface area contributed by atoms with Crippen LogP contribution in [0.3, 0.4) is 0 Å². The molecular formula is C14H24N2O3. The molecule has 19 heavy (non-hydrogen) atoms. The molecule has 0 amide bonds. The molecule has 108 valence electrons. The zero-order valence-corrected chi connectivity index (χ0v) is 12.1. The fourth-order valence-corrected chi connectivity index (χ4v) is 2.13. The molecule has 0 aliphatic carbocycles. The maximum Gasteiger partial charge on any atom is 0.164 e. The Morgan fingerprint density at radius 3 is 1.95 bits per heavy atom. The highest BCUT2D eigenvalue weighted by Gasteiger charge is 2.22. The number of rotatable bonds is 7. The lowest BCUT2D eigenvalue weighted by Crippen LogP contribution is -2.27. The van der Waals surface area contributed by atoms with Crippen LogP contribution in [-0.4, -0.2) is 27.9 Å². The van der Waals surface area contributed by atoms with Crippen molar-refractivity contribution in [2.45, 2.75) is 19.4 Å². The Kier molecular flexibility index (Phi) is 5.92. The number of benzene rings is 1. The molecule has 0 saturated carbocycles. The van der Waals surface area contributed by atoms with Crippen molar-refractivity contribution in [2.75, 3.05) is 27.9 Å². The molecule has 0 spiro atoms. The summed E-state index contributed by atoms with van der Waals surface area (Å²) in [4.78, 5) is 0. The van der Waals surface area contributed by atoms with Gasteiger partial charge in [-0.05, 0) is 18.5 Å². The number of hydrogen-bond acceptors (Lipinski definition) is 5. The molecule has 1 rings (SSSR count). The van der Waals surface area contributed by atoms with Crippen LogP contribution in [0.5, 0.6) is 17.2 Å². The molecule has 0 bridgehead atoms. The zero-order valence-electron chi connectivity index (χ0n) is 12.1. The van der Waals surface area contributed by atoms with Gasteiger partial charge in [-0.1, -0.05) is 13.3 Å². The summed E-state index contributed by atoms with van der Waals surface area (Å²) in [5.41, 5.74) is 12.9. The van der Waals surface area contributed by atoms with E-state index in [2.05, 4.69) is 6.92 Å². The summed E-state index contributed by atoms with van der Waals surface area (Å²) in [5.74, 6) is 2.15. The van der Waals surface area contributed by atoms with Gasteiger partial charge in [0, 0.05) is 17.7 Å². The molecule has 2 unspecified atom stereocenters. The Morgan fingerprint density at radius 1 is 1.00 bits per heavy atom. The number of hydrogen-bond donors (Lipinski definition) is 2. The van der Waals surface area contributed by atoms with E-state index < -0.39 is 0 Å². The normalized spacial score (nSPS) is 13.8. The number of nitrogens with two attached hydrogens (primary N) is 2. The van der Waals surface area contributed by atoms with Gasteiger partial charge >= 0.3 is 0 Å². The first kappa shape index (κ1) is 15.6. The molecular weight excluding hydrogens is 244 g/mol. The molecule has 1 aromatic carbocycles. The van der Waals surface area contributed by atoms with E-state index >= 15 is 0 Å². The van der Waals surface area contributed by atoms with Gasteiger partial charge in [-0.2, -0.15) is 0 Å². The highest BCUT2D eigenvalue weighted by molar-refractivity contribution is 5.51. The van der Waals surface area contributed by atoms with Crippen LogP contribution in [0.2, 0.25) is 0 Å². The summed E-state index contributed by atoms with van der Waals surface area (Å²) in [6.45, 7) is 2.61. The van der Waals surface area contributed by atoms with Gasteiger partial charge in [0.25, 0.3) is 0 Å². The number of ether oxygens (including phenoxy) is 3. The summed E-state index contributed by atoms with van der Waals surface area (Å²) < 4.78 is 16.0. The lowest BCUT2D eigenvalue weighted by atomic mass is 9.91. The standard InChI is InChI=1S/C14H24N2O3/c1-5-9(8-15)14(16)10-6-12(18-3)13(19-4)7-11(10)17-2/h6-7,9,14H,5,8,15-16H2,1-4H3. The monoisotopic (exact) mass is 268 g/mol. The van der Waals surface area contributed by atoms with Crippen LogP contribution in [0.4, 0.5) is 0 Å². The Balaban J connectivity index is 3.24. The van der Waals surface area contributed by atoms with Gasteiger partial charge in [-0.15, -0.1) is 0 Å². The van der Waals surface area contributed by atoms with Gasteiger partial charge in [-0.25, -0.2) is 0 Å². The third-order valence-corrected chi connectivity index (χ3v) is 3.43. The van der Waals surface area contributed by atoms with E-state index in [0.717, 1.165) is 12.0 Å². The van der Waals surface area contributed by atoms with E-state index in [9.17, 15) is 0 Å². The number of methoxy groups -OCH3 is 3. The van der Waals surface area contributed by atoms with Crippen molar-refractivity contribution in [2.24, 2.45) is 17.4 Å². The van der Waals surface area contributed by atoms with Crippen LogP contribution in [0.1, 0.15) is 24.9 Å². The predicted octanol–water partition coefficient (Wildman–Crippen LogP) is 1.70. The predicted molar refractivity (Wildman–Crippen MR) is 75.9 cm³/mol. The average Bonchev–Trinajstić information content (AvgIpc) is 2.46. The molecule has 1 aromatic rings. The molecule has 2 atom stereocenters.